The van der Waals surface area contributed by atoms with Gasteiger partial charge in [0.2, 0.25) is 5.91 Å². The number of nitrogens with zero attached hydrogens (tertiary/aromatic N) is 1. The molecule has 0 spiro atoms. The first-order valence-electron chi connectivity index (χ1n) is 5.51. The fourth-order valence-corrected chi connectivity index (χ4v) is 1.57. The number of carbonyl (C=O) groups is 1. The zero-order valence-corrected chi connectivity index (χ0v) is 10.3. The molecule has 0 aromatic rings. The molecule has 0 aromatic carbocycles. The molecule has 4 heteroatoms. The highest BCUT2D eigenvalue weighted by atomic mass is 16.5. The van der Waals surface area contributed by atoms with Gasteiger partial charge in [-0.05, 0) is 19.8 Å². The average Bonchev–Trinajstić information content (AvgIpc) is 2.13. The van der Waals surface area contributed by atoms with E-state index in [-0.39, 0.29) is 17.9 Å². The molecule has 0 saturated carbocycles. The number of amides is 1. The molecule has 0 aromatic heterocycles. The quantitative estimate of drug-likeness (QED) is 0.686. The van der Waals surface area contributed by atoms with Crippen LogP contribution in [0.5, 0.6) is 0 Å². The third-order valence-electron chi connectivity index (χ3n) is 2.29. The van der Waals surface area contributed by atoms with Crippen LogP contribution in [-0.4, -0.2) is 43.7 Å². The molecule has 15 heavy (non-hydrogen) atoms. The van der Waals surface area contributed by atoms with E-state index in [1.54, 1.807) is 7.11 Å². The SMILES string of the molecule is COCC(C)CC(=O)N(CCN)C(C)C. The van der Waals surface area contributed by atoms with Gasteiger partial charge in [0.05, 0.1) is 0 Å². The predicted octanol–water partition coefficient (Wildman–Crippen LogP) is 0.855. The molecule has 90 valence electrons. The molecular weight excluding hydrogens is 192 g/mol. The smallest absolute Gasteiger partial charge is 0.223 e. The van der Waals surface area contributed by atoms with Gasteiger partial charge in [-0.2, -0.15) is 0 Å². The summed E-state index contributed by atoms with van der Waals surface area (Å²) in [5, 5.41) is 0. The Balaban J connectivity index is 4.13. The first-order chi connectivity index (χ1) is 7.02. The van der Waals surface area contributed by atoms with Crippen LogP contribution in [-0.2, 0) is 9.53 Å². The van der Waals surface area contributed by atoms with Crippen molar-refractivity contribution < 1.29 is 9.53 Å². The van der Waals surface area contributed by atoms with E-state index in [0.29, 0.717) is 26.1 Å². The molecule has 0 aliphatic carbocycles. The summed E-state index contributed by atoms with van der Waals surface area (Å²) in [5.74, 6) is 0.432. The summed E-state index contributed by atoms with van der Waals surface area (Å²) in [6, 6.07) is 0.218. The second-order valence-electron chi connectivity index (χ2n) is 4.23. The Labute approximate surface area is 92.8 Å². The van der Waals surface area contributed by atoms with Crippen LogP contribution in [0.2, 0.25) is 0 Å². The highest BCUT2D eigenvalue weighted by Crippen LogP contribution is 2.08. The van der Waals surface area contributed by atoms with Crippen molar-refractivity contribution in [3.63, 3.8) is 0 Å². The standard InChI is InChI=1S/C11H24N2O2/c1-9(2)13(6-5-12)11(14)7-10(3)8-15-4/h9-10H,5-8,12H2,1-4H3. The van der Waals surface area contributed by atoms with Crippen LogP contribution >= 0.6 is 0 Å². The van der Waals surface area contributed by atoms with Crippen molar-refractivity contribution in [3.8, 4) is 0 Å². The highest BCUT2D eigenvalue weighted by molar-refractivity contribution is 5.76. The molecule has 0 aliphatic heterocycles. The van der Waals surface area contributed by atoms with Gasteiger partial charge in [-0.15, -0.1) is 0 Å². The van der Waals surface area contributed by atoms with Crippen molar-refractivity contribution in [2.75, 3.05) is 26.8 Å². The van der Waals surface area contributed by atoms with Gasteiger partial charge in [0.15, 0.2) is 0 Å². The Morgan fingerprint density at radius 3 is 2.40 bits per heavy atom. The van der Waals surface area contributed by atoms with E-state index in [0.717, 1.165) is 0 Å². The minimum atomic E-state index is 0.167. The van der Waals surface area contributed by atoms with Gasteiger partial charge < -0.3 is 15.4 Å². The van der Waals surface area contributed by atoms with Crippen LogP contribution in [0, 0.1) is 5.92 Å². The summed E-state index contributed by atoms with van der Waals surface area (Å²) in [5.41, 5.74) is 5.48. The molecule has 0 aliphatic rings. The van der Waals surface area contributed by atoms with Gasteiger partial charge in [-0.1, -0.05) is 6.92 Å². The van der Waals surface area contributed by atoms with Gasteiger partial charge in [-0.3, -0.25) is 4.79 Å². The predicted molar refractivity (Wildman–Crippen MR) is 61.6 cm³/mol. The largest absolute Gasteiger partial charge is 0.384 e. The van der Waals surface area contributed by atoms with Crippen molar-refractivity contribution in [2.24, 2.45) is 11.7 Å². The maximum Gasteiger partial charge on any atom is 0.223 e. The third kappa shape index (κ3) is 5.74. The highest BCUT2D eigenvalue weighted by Gasteiger charge is 2.18. The summed E-state index contributed by atoms with van der Waals surface area (Å²) in [6.07, 6.45) is 0.534. The minimum absolute atomic E-state index is 0.167. The molecule has 0 radical (unpaired) electrons. The van der Waals surface area contributed by atoms with Gasteiger partial charge >= 0.3 is 0 Å². The van der Waals surface area contributed by atoms with Crippen molar-refractivity contribution in [3.05, 3.63) is 0 Å². The second kappa shape index (κ2) is 7.65. The van der Waals surface area contributed by atoms with Crippen LogP contribution in [0.3, 0.4) is 0 Å². The normalized spacial score (nSPS) is 12.9. The Kier molecular flexibility index (Phi) is 7.34. The van der Waals surface area contributed by atoms with Crippen molar-refractivity contribution in [1.29, 1.82) is 0 Å². The molecule has 0 bridgehead atoms. The lowest BCUT2D eigenvalue weighted by Crippen LogP contribution is -2.41. The monoisotopic (exact) mass is 216 g/mol. The number of hydrogen-bond acceptors (Lipinski definition) is 3. The number of rotatable bonds is 7. The number of ether oxygens (including phenoxy) is 1. The summed E-state index contributed by atoms with van der Waals surface area (Å²) in [4.78, 5) is 13.7. The molecule has 2 N–H and O–H groups in total. The van der Waals surface area contributed by atoms with Crippen molar-refractivity contribution in [1.82, 2.24) is 4.90 Å². The third-order valence-corrected chi connectivity index (χ3v) is 2.29. The van der Waals surface area contributed by atoms with E-state index in [1.807, 2.05) is 25.7 Å². The first-order valence-corrected chi connectivity index (χ1v) is 5.51. The van der Waals surface area contributed by atoms with Crippen molar-refractivity contribution >= 4 is 5.91 Å². The van der Waals surface area contributed by atoms with E-state index < -0.39 is 0 Å². The van der Waals surface area contributed by atoms with Crippen LogP contribution < -0.4 is 5.73 Å². The Bertz CT molecular complexity index is 183. The number of hydrogen-bond donors (Lipinski definition) is 1. The van der Waals surface area contributed by atoms with E-state index >= 15 is 0 Å². The molecule has 0 fully saturated rings. The maximum atomic E-state index is 11.9. The summed E-state index contributed by atoms with van der Waals surface area (Å²) < 4.78 is 5.01. The molecule has 0 saturated heterocycles. The summed E-state index contributed by atoms with van der Waals surface area (Å²) >= 11 is 0. The molecule has 1 atom stereocenters. The Morgan fingerprint density at radius 1 is 1.40 bits per heavy atom. The van der Waals surface area contributed by atoms with Gasteiger partial charge in [0, 0.05) is 39.3 Å². The van der Waals surface area contributed by atoms with E-state index in [4.69, 9.17) is 10.5 Å². The Morgan fingerprint density at radius 2 is 2.00 bits per heavy atom. The van der Waals surface area contributed by atoms with E-state index in [1.165, 1.54) is 0 Å². The average molecular weight is 216 g/mol. The fraction of sp³-hybridized carbons (Fsp3) is 0.909. The molecule has 4 nitrogen and oxygen atoms in total. The van der Waals surface area contributed by atoms with Gasteiger partial charge in [0.1, 0.15) is 0 Å². The van der Waals surface area contributed by atoms with Crippen LogP contribution in [0.4, 0.5) is 0 Å². The molecular formula is C11H24N2O2. The lowest BCUT2D eigenvalue weighted by atomic mass is 10.1. The minimum Gasteiger partial charge on any atom is -0.384 e. The summed E-state index contributed by atoms with van der Waals surface area (Å²) in [6.45, 7) is 7.81. The molecule has 0 rings (SSSR count). The number of carbonyl (C=O) groups excluding carboxylic acids is 1. The summed E-state index contributed by atoms with van der Waals surface area (Å²) in [7, 11) is 1.65. The Hall–Kier alpha value is -0.610. The zero-order valence-electron chi connectivity index (χ0n) is 10.3. The molecule has 1 amide bonds. The topological polar surface area (TPSA) is 55.6 Å². The van der Waals surface area contributed by atoms with Crippen molar-refractivity contribution in [2.45, 2.75) is 33.2 Å². The van der Waals surface area contributed by atoms with Crippen LogP contribution in [0.1, 0.15) is 27.2 Å². The van der Waals surface area contributed by atoms with Crippen LogP contribution in [0.15, 0.2) is 0 Å². The second-order valence-corrected chi connectivity index (χ2v) is 4.23. The lowest BCUT2D eigenvalue weighted by Gasteiger charge is -2.27. The molecule has 0 heterocycles. The van der Waals surface area contributed by atoms with Gasteiger partial charge in [-0.25, -0.2) is 0 Å². The molecule has 1 unspecified atom stereocenters. The van der Waals surface area contributed by atoms with E-state index in [2.05, 4.69) is 0 Å². The first kappa shape index (κ1) is 14.4. The number of methoxy groups -OCH3 is 1. The van der Waals surface area contributed by atoms with Crippen LogP contribution in [0.25, 0.3) is 0 Å². The lowest BCUT2D eigenvalue weighted by molar-refractivity contribution is -0.134. The zero-order chi connectivity index (χ0) is 11.8. The maximum absolute atomic E-state index is 11.9. The number of nitrogens with two attached hydrogens (primary N) is 1. The fourth-order valence-electron chi connectivity index (χ4n) is 1.57. The van der Waals surface area contributed by atoms with E-state index in [9.17, 15) is 4.79 Å². The van der Waals surface area contributed by atoms with Gasteiger partial charge in [0.25, 0.3) is 0 Å².